The molecule has 0 spiro atoms. The van der Waals surface area contributed by atoms with Crippen molar-refractivity contribution >= 4 is 44.3 Å². The molecule has 4 rings (SSSR count). The lowest BCUT2D eigenvalue weighted by Gasteiger charge is -2.30. The van der Waals surface area contributed by atoms with Crippen LogP contribution in [0.4, 0.5) is 9.80 Å². The molecule has 2 N–H and O–H groups in total. The topological polar surface area (TPSA) is 125 Å². The highest BCUT2D eigenvalue weighted by atomic mass is 32.2. The number of alkyl carbamates (subject to hydrolysis) is 1. The number of rotatable bonds is 6. The first-order valence-electron chi connectivity index (χ1n) is 12.7. The van der Waals surface area contributed by atoms with Gasteiger partial charge < -0.3 is 10.1 Å². The van der Waals surface area contributed by atoms with Gasteiger partial charge in [-0.25, -0.2) is 13.2 Å². The lowest BCUT2D eigenvalue weighted by molar-refractivity contribution is 0.0936. The predicted molar refractivity (Wildman–Crippen MR) is 145 cm³/mol. The summed E-state index contributed by atoms with van der Waals surface area (Å²) in [5, 5.41) is 5.35. The van der Waals surface area contributed by atoms with E-state index in [-0.39, 0.29) is 16.0 Å². The molecule has 2 aromatic rings. The third-order valence-electron chi connectivity index (χ3n) is 7.05. The lowest BCUT2D eigenvalue weighted by Crippen LogP contribution is -2.39. The van der Waals surface area contributed by atoms with Gasteiger partial charge in [-0.2, -0.15) is 4.31 Å². The van der Waals surface area contributed by atoms with Crippen LogP contribution in [0.2, 0.25) is 0 Å². The van der Waals surface area contributed by atoms with Crippen molar-refractivity contribution in [2.24, 2.45) is 5.92 Å². The summed E-state index contributed by atoms with van der Waals surface area (Å²) < 4.78 is 32.2. The number of nitrogens with zero attached hydrogens (tertiary/aromatic N) is 2. The molecule has 0 saturated carbocycles. The summed E-state index contributed by atoms with van der Waals surface area (Å²) in [5.74, 6) is -0.815. The Morgan fingerprint density at radius 1 is 1.11 bits per heavy atom. The molecular weight excluding hydrogens is 528 g/mol. The van der Waals surface area contributed by atoms with Crippen LogP contribution in [0, 0.1) is 5.92 Å². The standard InChI is InChI=1S/C26H34N4O6S2/c1-16(2)29-13-11-20-21(15-29)37-25(22(20)24(32)28-26(33)36-4)27-23(31)18-7-9-19(10-8-18)38(34,35)30-12-5-6-17(3)14-30/h7-10,16-17H,5-6,11-15H2,1-4H3,(H,27,31)(H,28,32,33). The molecule has 3 heterocycles. The summed E-state index contributed by atoms with van der Waals surface area (Å²) in [6.45, 7) is 8.59. The normalized spacial score (nSPS) is 18.6. The Morgan fingerprint density at radius 2 is 1.82 bits per heavy atom. The van der Waals surface area contributed by atoms with Crippen molar-refractivity contribution in [2.75, 3.05) is 32.1 Å². The van der Waals surface area contributed by atoms with E-state index in [0.29, 0.717) is 43.0 Å². The highest BCUT2D eigenvalue weighted by molar-refractivity contribution is 7.89. The monoisotopic (exact) mass is 562 g/mol. The molecule has 38 heavy (non-hydrogen) atoms. The van der Waals surface area contributed by atoms with Crippen LogP contribution in [-0.4, -0.2) is 68.3 Å². The Bertz CT molecular complexity index is 1320. The van der Waals surface area contributed by atoms with Gasteiger partial charge in [-0.3, -0.25) is 19.8 Å². The van der Waals surface area contributed by atoms with Crippen LogP contribution in [0.15, 0.2) is 29.2 Å². The SMILES string of the molecule is COC(=O)NC(=O)c1c(NC(=O)c2ccc(S(=O)(=O)N3CCCC(C)C3)cc2)sc2c1CCN(C(C)C)C2. The number of amides is 3. The first kappa shape index (κ1) is 28.2. The Morgan fingerprint density at radius 3 is 2.45 bits per heavy atom. The molecular formula is C26H34N4O6S2. The third-order valence-corrected chi connectivity index (χ3v) is 10.1. The summed E-state index contributed by atoms with van der Waals surface area (Å²) >= 11 is 1.31. The van der Waals surface area contributed by atoms with Crippen molar-refractivity contribution in [1.82, 2.24) is 14.5 Å². The number of nitrogens with one attached hydrogen (secondary N) is 2. The van der Waals surface area contributed by atoms with E-state index in [4.69, 9.17) is 0 Å². The number of carbonyl (C=O) groups excluding carboxylic acids is 3. The second kappa shape index (κ2) is 11.5. The minimum atomic E-state index is -3.64. The molecule has 206 valence electrons. The van der Waals surface area contributed by atoms with Crippen LogP contribution in [0.5, 0.6) is 0 Å². The fourth-order valence-corrected chi connectivity index (χ4v) is 7.73. The van der Waals surface area contributed by atoms with E-state index in [1.807, 2.05) is 6.92 Å². The molecule has 1 saturated heterocycles. The molecule has 0 radical (unpaired) electrons. The predicted octanol–water partition coefficient (Wildman–Crippen LogP) is 3.68. The zero-order valence-corrected chi connectivity index (χ0v) is 23.7. The molecule has 1 fully saturated rings. The molecule has 1 unspecified atom stereocenters. The number of fused-ring (bicyclic) bond motifs is 1. The van der Waals surface area contributed by atoms with Gasteiger partial charge in [0.25, 0.3) is 11.8 Å². The summed E-state index contributed by atoms with van der Waals surface area (Å²) in [5.41, 5.74) is 1.32. The number of sulfonamides is 1. The number of ether oxygens (including phenoxy) is 1. The molecule has 10 nitrogen and oxygen atoms in total. The smallest absolute Gasteiger partial charge is 0.413 e. The molecule has 3 amide bonds. The van der Waals surface area contributed by atoms with Crippen molar-refractivity contribution in [1.29, 1.82) is 0 Å². The van der Waals surface area contributed by atoms with Gasteiger partial charge in [0.05, 0.1) is 17.6 Å². The van der Waals surface area contributed by atoms with Crippen LogP contribution >= 0.6 is 11.3 Å². The number of methoxy groups -OCH3 is 1. The van der Waals surface area contributed by atoms with Crippen molar-refractivity contribution in [3.8, 4) is 0 Å². The number of thiophene rings is 1. The maximum absolute atomic E-state index is 13.2. The largest absolute Gasteiger partial charge is 0.453 e. The average molecular weight is 563 g/mol. The van der Waals surface area contributed by atoms with Gasteiger partial charge in [0, 0.05) is 42.7 Å². The van der Waals surface area contributed by atoms with Crippen molar-refractivity contribution < 1.29 is 27.5 Å². The van der Waals surface area contributed by atoms with Gasteiger partial charge in [0.2, 0.25) is 10.0 Å². The van der Waals surface area contributed by atoms with Crippen LogP contribution < -0.4 is 10.6 Å². The fourth-order valence-electron chi connectivity index (χ4n) is 4.87. The van der Waals surface area contributed by atoms with Gasteiger partial charge in [-0.15, -0.1) is 11.3 Å². The summed E-state index contributed by atoms with van der Waals surface area (Å²) in [7, 11) is -2.47. The van der Waals surface area contributed by atoms with Gasteiger partial charge >= 0.3 is 6.09 Å². The van der Waals surface area contributed by atoms with E-state index < -0.39 is 27.9 Å². The van der Waals surface area contributed by atoms with Gasteiger partial charge in [0.15, 0.2) is 0 Å². The number of hydrogen-bond acceptors (Lipinski definition) is 8. The maximum Gasteiger partial charge on any atom is 0.413 e. The minimum absolute atomic E-state index is 0.140. The van der Waals surface area contributed by atoms with Gasteiger partial charge in [0.1, 0.15) is 5.00 Å². The number of hydrogen-bond donors (Lipinski definition) is 2. The van der Waals surface area contributed by atoms with Crippen LogP contribution in [0.3, 0.4) is 0 Å². The van der Waals surface area contributed by atoms with Crippen molar-refractivity contribution in [3.05, 3.63) is 45.8 Å². The van der Waals surface area contributed by atoms with Crippen molar-refractivity contribution in [2.45, 2.75) is 57.5 Å². The molecule has 0 bridgehead atoms. The Labute approximate surface area is 227 Å². The van der Waals surface area contributed by atoms with Gasteiger partial charge in [-0.1, -0.05) is 6.92 Å². The minimum Gasteiger partial charge on any atom is -0.453 e. The van der Waals surface area contributed by atoms with Crippen LogP contribution in [0.25, 0.3) is 0 Å². The van der Waals surface area contributed by atoms with Crippen LogP contribution in [0.1, 0.15) is 64.8 Å². The highest BCUT2D eigenvalue weighted by Gasteiger charge is 2.31. The van der Waals surface area contributed by atoms with Crippen molar-refractivity contribution in [3.63, 3.8) is 0 Å². The van der Waals surface area contributed by atoms with Gasteiger partial charge in [-0.05, 0) is 68.9 Å². The molecule has 2 aliphatic heterocycles. The highest BCUT2D eigenvalue weighted by Crippen LogP contribution is 2.38. The van der Waals surface area contributed by atoms with E-state index in [9.17, 15) is 22.8 Å². The number of benzene rings is 1. The molecule has 12 heteroatoms. The Hall–Kier alpha value is -2.80. The Balaban J connectivity index is 1.57. The quantitative estimate of drug-likeness (QED) is 0.550. The maximum atomic E-state index is 13.2. The second-order valence-electron chi connectivity index (χ2n) is 10.1. The lowest BCUT2D eigenvalue weighted by atomic mass is 10.0. The number of carbonyl (C=O) groups is 3. The van der Waals surface area contributed by atoms with Crippen LogP contribution in [-0.2, 0) is 27.7 Å². The van der Waals surface area contributed by atoms with E-state index >= 15 is 0 Å². The van der Waals surface area contributed by atoms with E-state index in [1.165, 1.54) is 47.0 Å². The zero-order chi connectivity index (χ0) is 27.6. The number of imide groups is 1. The molecule has 1 aromatic carbocycles. The molecule has 2 aliphatic rings. The molecule has 1 atom stereocenters. The third kappa shape index (κ3) is 5.93. The summed E-state index contributed by atoms with van der Waals surface area (Å²) in [4.78, 5) is 41.2. The first-order valence-corrected chi connectivity index (χ1v) is 15.0. The summed E-state index contributed by atoms with van der Waals surface area (Å²) in [6.07, 6.45) is 1.55. The zero-order valence-electron chi connectivity index (χ0n) is 22.1. The van der Waals surface area contributed by atoms with E-state index in [1.54, 1.807) is 0 Å². The molecule has 0 aliphatic carbocycles. The average Bonchev–Trinajstić information content (AvgIpc) is 3.25. The Kier molecular flexibility index (Phi) is 8.55. The number of anilines is 1. The molecule has 1 aromatic heterocycles. The number of piperidine rings is 1. The summed E-state index contributed by atoms with van der Waals surface area (Å²) in [6, 6.07) is 6.14. The van der Waals surface area contributed by atoms with E-state index in [0.717, 1.165) is 29.8 Å². The second-order valence-corrected chi connectivity index (χ2v) is 13.1. The first-order chi connectivity index (χ1) is 18.0. The fraction of sp³-hybridized carbons (Fsp3) is 0.500. The van der Waals surface area contributed by atoms with E-state index in [2.05, 4.69) is 34.1 Å².